The largest absolute Gasteiger partial charge is 0.453 e. The molecular formula is C42H42N3O7P. The minimum Gasteiger partial charge on any atom is -0.445 e. The van der Waals surface area contributed by atoms with Crippen molar-refractivity contribution in [1.29, 1.82) is 0 Å². The van der Waals surface area contributed by atoms with Crippen LogP contribution in [-0.4, -0.2) is 47.2 Å². The van der Waals surface area contributed by atoms with Crippen molar-refractivity contribution in [2.24, 2.45) is 0 Å². The lowest BCUT2D eigenvalue weighted by atomic mass is 10.0. The molecule has 1 unspecified atom stereocenters. The molecule has 1 saturated heterocycles. The van der Waals surface area contributed by atoms with Crippen molar-refractivity contribution in [1.82, 2.24) is 15.5 Å². The first-order valence-corrected chi connectivity index (χ1v) is 19.2. The third-order valence-corrected chi connectivity index (χ3v) is 10.8. The van der Waals surface area contributed by atoms with E-state index in [0.717, 1.165) is 16.7 Å². The Balaban J connectivity index is 1.25. The van der Waals surface area contributed by atoms with Gasteiger partial charge in [0.15, 0.2) is 5.78 Å². The lowest BCUT2D eigenvalue weighted by Crippen LogP contribution is -2.55. The molecule has 0 aliphatic carbocycles. The summed E-state index contributed by atoms with van der Waals surface area (Å²) in [6, 6.07) is 43.3. The van der Waals surface area contributed by atoms with Gasteiger partial charge in [-0.3, -0.25) is 9.59 Å². The second kappa shape index (κ2) is 18.1. The molecule has 1 heterocycles. The predicted octanol–water partition coefficient (Wildman–Crippen LogP) is 7.55. The molecule has 0 saturated carbocycles. The average molecular weight is 732 g/mol. The van der Waals surface area contributed by atoms with E-state index in [1.165, 1.54) is 4.90 Å². The van der Waals surface area contributed by atoms with Gasteiger partial charge in [0.25, 0.3) is 0 Å². The Morgan fingerprint density at radius 3 is 1.64 bits per heavy atom. The number of rotatable bonds is 15. The molecule has 3 atom stereocenters. The zero-order valence-corrected chi connectivity index (χ0v) is 30.1. The van der Waals surface area contributed by atoms with E-state index in [9.17, 15) is 14.4 Å². The fraction of sp³-hybridized carbons (Fsp3) is 0.214. The number of benzene rings is 5. The number of ether oxygens (including phenoxy) is 1. The Hall–Kier alpha value is -5.86. The van der Waals surface area contributed by atoms with Crippen LogP contribution in [0.4, 0.5) is 4.79 Å². The van der Waals surface area contributed by atoms with Crippen LogP contribution in [0.15, 0.2) is 152 Å². The standard InChI is InChI=1S/C42H42N3O7P/c46-40(44-39(30-33-19-8-2-9-20-33)53(49,51-35-23-12-4-13-24-35)52-36-25-14-5-15-26-36)38-27-16-28-45(38)41(47)37(29-32-17-6-1-7-18-32)43-42(48)50-31-34-21-10-3-11-22-34/h1-15,17-26,37-39H,16,27-31H2,(H,43,48)(H,44,46)/t37-,38-,39?/m0/s1. The Bertz CT molecular complexity index is 1920. The van der Waals surface area contributed by atoms with Gasteiger partial charge in [-0.1, -0.05) is 127 Å². The molecule has 272 valence electrons. The van der Waals surface area contributed by atoms with E-state index in [2.05, 4.69) is 10.6 Å². The van der Waals surface area contributed by atoms with Gasteiger partial charge in [0.2, 0.25) is 11.8 Å². The first-order chi connectivity index (χ1) is 25.9. The number of carbonyl (C=O) groups excluding carboxylic acids is 3. The van der Waals surface area contributed by atoms with Crippen LogP contribution in [0.3, 0.4) is 0 Å². The Kier molecular flexibility index (Phi) is 12.6. The third-order valence-electron chi connectivity index (χ3n) is 8.84. The number of likely N-dealkylation sites (tertiary alicyclic amines) is 1. The molecule has 11 heteroatoms. The van der Waals surface area contributed by atoms with Crippen LogP contribution in [0.5, 0.6) is 11.5 Å². The SMILES string of the molecule is O=C(N[C@@H](Cc1ccccc1)C(=O)N1CCC[C@H]1C(=O)NC(Cc1ccccc1)P(=O)(Oc1ccccc1)Oc1ccccc1)OCc1ccccc1. The Morgan fingerprint density at radius 2 is 1.11 bits per heavy atom. The van der Waals surface area contributed by atoms with Crippen LogP contribution in [-0.2, 0) is 38.3 Å². The van der Waals surface area contributed by atoms with Crippen LogP contribution in [0, 0.1) is 0 Å². The van der Waals surface area contributed by atoms with E-state index < -0.39 is 43.4 Å². The van der Waals surface area contributed by atoms with Gasteiger partial charge in [-0.15, -0.1) is 0 Å². The van der Waals surface area contributed by atoms with Crippen molar-refractivity contribution < 1.29 is 32.7 Å². The van der Waals surface area contributed by atoms with Crippen molar-refractivity contribution in [3.63, 3.8) is 0 Å². The van der Waals surface area contributed by atoms with E-state index >= 15 is 4.57 Å². The molecule has 0 bridgehead atoms. The number of hydrogen-bond acceptors (Lipinski definition) is 7. The van der Waals surface area contributed by atoms with E-state index in [4.69, 9.17) is 13.8 Å². The van der Waals surface area contributed by atoms with E-state index in [1.54, 1.807) is 48.5 Å². The van der Waals surface area contributed by atoms with Gasteiger partial charge < -0.3 is 29.3 Å². The summed E-state index contributed by atoms with van der Waals surface area (Å²) in [5, 5.41) is 5.74. The molecule has 1 aliphatic heterocycles. The van der Waals surface area contributed by atoms with Crippen LogP contribution < -0.4 is 19.7 Å². The van der Waals surface area contributed by atoms with Gasteiger partial charge in [0.1, 0.15) is 30.2 Å². The molecule has 5 aromatic carbocycles. The normalized spacial score (nSPS) is 15.1. The molecule has 0 radical (unpaired) electrons. The fourth-order valence-corrected chi connectivity index (χ4v) is 8.04. The number of amides is 3. The highest BCUT2D eigenvalue weighted by Gasteiger charge is 2.44. The highest BCUT2D eigenvalue weighted by molar-refractivity contribution is 7.55. The zero-order chi connectivity index (χ0) is 36.9. The van der Waals surface area contributed by atoms with E-state index in [-0.39, 0.29) is 19.4 Å². The highest BCUT2D eigenvalue weighted by atomic mass is 31.2. The molecule has 0 aromatic heterocycles. The van der Waals surface area contributed by atoms with Gasteiger partial charge >= 0.3 is 13.7 Å². The molecule has 10 nitrogen and oxygen atoms in total. The lowest BCUT2D eigenvalue weighted by Gasteiger charge is -2.32. The van der Waals surface area contributed by atoms with Crippen molar-refractivity contribution in [2.45, 2.75) is 50.2 Å². The average Bonchev–Trinajstić information content (AvgIpc) is 3.69. The summed E-state index contributed by atoms with van der Waals surface area (Å²) in [7, 11) is -4.20. The summed E-state index contributed by atoms with van der Waals surface area (Å²) in [6.07, 6.45) is 0.489. The molecular weight excluding hydrogens is 689 g/mol. The van der Waals surface area contributed by atoms with Crippen LogP contribution in [0.25, 0.3) is 0 Å². The summed E-state index contributed by atoms with van der Waals surface area (Å²) in [5.41, 5.74) is 2.43. The Labute approximate surface area is 309 Å². The molecule has 1 fully saturated rings. The van der Waals surface area contributed by atoms with Crippen molar-refractivity contribution >= 4 is 25.5 Å². The monoisotopic (exact) mass is 731 g/mol. The third kappa shape index (κ3) is 10.4. The first kappa shape index (κ1) is 36.9. The number of hydrogen-bond donors (Lipinski definition) is 2. The summed E-state index contributed by atoms with van der Waals surface area (Å²) >= 11 is 0. The fourth-order valence-electron chi connectivity index (χ4n) is 6.20. The number of nitrogens with zero attached hydrogens (tertiary/aromatic N) is 1. The Morgan fingerprint density at radius 1 is 0.642 bits per heavy atom. The second-order valence-electron chi connectivity index (χ2n) is 12.7. The summed E-state index contributed by atoms with van der Waals surface area (Å²) < 4.78 is 32.8. The van der Waals surface area contributed by atoms with Crippen LogP contribution in [0.2, 0.25) is 0 Å². The van der Waals surface area contributed by atoms with Gasteiger partial charge in [-0.2, -0.15) is 0 Å². The maximum atomic E-state index is 15.0. The number of alkyl carbamates (subject to hydrolysis) is 1. The summed E-state index contributed by atoms with van der Waals surface area (Å²) in [6.45, 7) is 0.331. The lowest BCUT2D eigenvalue weighted by molar-refractivity contribution is -0.140. The number of para-hydroxylation sites is 2. The minimum absolute atomic E-state index is 0.0344. The first-order valence-electron chi connectivity index (χ1n) is 17.6. The molecule has 6 rings (SSSR count). The topological polar surface area (TPSA) is 123 Å². The molecule has 3 amide bonds. The van der Waals surface area contributed by atoms with Gasteiger partial charge in [-0.25, -0.2) is 9.36 Å². The van der Waals surface area contributed by atoms with Crippen molar-refractivity contribution in [2.75, 3.05) is 6.54 Å². The van der Waals surface area contributed by atoms with Crippen LogP contribution in [0.1, 0.15) is 29.5 Å². The van der Waals surface area contributed by atoms with Crippen LogP contribution >= 0.6 is 7.60 Å². The van der Waals surface area contributed by atoms with Gasteiger partial charge in [0, 0.05) is 19.4 Å². The minimum atomic E-state index is -4.20. The maximum Gasteiger partial charge on any atom is 0.453 e. The highest BCUT2D eigenvalue weighted by Crippen LogP contribution is 2.53. The smallest absolute Gasteiger partial charge is 0.445 e. The molecule has 2 N–H and O–H groups in total. The quantitative estimate of drug-likeness (QED) is 0.107. The van der Waals surface area contributed by atoms with Crippen molar-refractivity contribution in [3.8, 4) is 11.5 Å². The molecule has 5 aromatic rings. The summed E-state index contributed by atoms with van der Waals surface area (Å²) in [4.78, 5) is 43.2. The molecule has 0 spiro atoms. The predicted molar refractivity (Wildman–Crippen MR) is 202 cm³/mol. The van der Waals surface area contributed by atoms with E-state index in [0.29, 0.717) is 30.9 Å². The second-order valence-corrected chi connectivity index (χ2v) is 14.8. The maximum absolute atomic E-state index is 15.0. The summed E-state index contributed by atoms with van der Waals surface area (Å²) in [5.74, 6) is -1.44. The van der Waals surface area contributed by atoms with Gasteiger partial charge in [-0.05, 0) is 53.8 Å². The number of carbonyl (C=O) groups is 3. The number of nitrogens with one attached hydrogen (secondary N) is 2. The molecule has 53 heavy (non-hydrogen) atoms. The van der Waals surface area contributed by atoms with Gasteiger partial charge in [0.05, 0.1) is 0 Å². The van der Waals surface area contributed by atoms with Crippen molar-refractivity contribution in [3.05, 3.63) is 168 Å². The molecule has 1 aliphatic rings. The zero-order valence-electron chi connectivity index (χ0n) is 29.2. The van der Waals surface area contributed by atoms with E-state index in [1.807, 2.05) is 103 Å².